The summed E-state index contributed by atoms with van der Waals surface area (Å²) in [5.74, 6) is 0.536. The zero-order valence-corrected chi connectivity index (χ0v) is 10.8. The number of hydrogen-bond acceptors (Lipinski definition) is 4. The maximum atomic E-state index is 12.0. The van der Waals surface area contributed by atoms with Gasteiger partial charge in [-0.05, 0) is 25.2 Å². The Morgan fingerprint density at radius 3 is 3.11 bits per heavy atom. The Morgan fingerprint density at radius 1 is 1.61 bits per heavy atom. The number of amides is 1. The van der Waals surface area contributed by atoms with Gasteiger partial charge in [0, 0.05) is 25.8 Å². The van der Waals surface area contributed by atoms with Crippen LogP contribution in [0.2, 0.25) is 0 Å². The minimum atomic E-state index is -0.352. The molecule has 2 N–H and O–H groups in total. The molecule has 2 atom stereocenters. The number of likely N-dealkylation sites (tertiary alicyclic amines) is 1. The van der Waals surface area contributed by atoms with E-state index in [0.717, 1.165) is 32.5 Å². The molecule has 0 bridgehead atoms. The molecule has 0 aromatic carbocycles. The number of piperidine rings is 1. The van der Waals surface area contributed by atoms with Crippen molar-refractivity contribution >= 4 is 5.91 Å². The van der Waals surface area contributed by atoms with E-state index in [-0.39, 0.29) is 11.9 Å². The van der Waals surface area contributed by atoms with Gasteiger partial charge in [-0.1, -0.05) is 12.1 Å². The first-order valence-corrected chi connectivity index (χ1v) is 6.59. The first kappa shape index (κ1) is 13.0. The van der Waals surface area contributed by atoms with Gasteiger partial charge in [0.15, 0.2) is 0 Å². The summed E-state index contributed by atoms with van der Waals surface area (Å²) in [6, 6.07) is -0.352. The summed E-state index contributed by atoms with van der Waals surface area (Å²) in [7, 11) is 0. The molecule has 0 radical (unpaired) electrons. The van der Waals surface area contributed by atoms with Crippen molar-refractivity contribution in [2.24, 2.45) is 11.7 Å². The van der Waals surface area contributed by atoms with E-state index in [0.29, 0.717) is 12.3 Å². The van der Waals surface area contributed by atoms with Gasteiger partial charge in [0.1, 0.15) is 0 Å². The van der Waals surface area contributed by atoms with Gasteiger partial charge in [0.2, 0.25) is 5.91 Å². The third kappa shape index (κ3) is 3.07. The van der Waals surface area contributed by atoms with Crippen LogP contribution in [0.25, 0.3) is 0 Å². The van der Waals surface area contributed by atoms with Gasteiger partial charge in [0.25, 0.3) is 0 Å². The molecule has 100 valence electrons. The fraction of sp³-hybridized carbons (Fsp3) is 0.750. The van der Waals surface area contributed by atoms with E-state index >= 15 is 0 Å². The molecule has 6 heteroatoms. The first-order chi connectivity index (χ1) is 8.70. The van der Waals surface area contributed by atoms with E-state index in [9.17, 15) is 4.79 Å². The van der Waals surface area contributed by atoms with Crippen molar-refractivity contribution in [2.45, 2.75) is 38.8 Å². The molecule has 2 heterocycles. The third-order valence-corrected chi connectivity index (χ3v) is 3.50. The second-order valence-electron chi connectivity index (χ2n) is 4.93. The van der Waals surface area contributed by atoms with Crippen LogP contribution < -0.4 is 5.73 Å². The van der Waals surface area contributed by atoms with E-state index in [1.165, 1.54) is 0 Å². The molecule has 1 aliphatic heterocycles. The molecular formula is C12H21N5O. The third-order valence-electron chi connectivity index (χ3n) is 3.50. The van der Waals surface area contributed by atoms with Crippen LogP contribution in [0.3, 0.4) is 0 Å². The predicted octanol–water partition coefficient (Wildman–Crippen LogP) is 0.254. The number of carbonyl (C=O) groups excluding carboxylic acids is 1. The highest BCUT2D eigenvalue weighted by Gasteiger charge is 2.26. The van der Waals surface area contributed by atoms with Crippen LogP contribution in [0, 0.1) is 5.92 Å². The van der Waals surface area contributed by atoms with Crippen LogP contribution in [0.15, 0.2) is 12.4 Å². The van der Waals surface area contributed by atoms with Crippen molar-refractivity contribution in [1.82, 2.24) is 19.9 Å². The quantitative estimate of drug-likeness (QED) is 0.832. The Bertz CT molecular complexity index is 378. The SMILES string of the molecule is CC[C@@H](N)C(=O)N1CCC[C@H](Cn2ccnn2)C1. The van der Waals surface area contributed by atoms with Gasteiger partial charge < -0.3 is 10.6 Å². The highest BCUT2D eigenvalue weighted by molar-refractivity contribution is 5.81. The van der Waals surface area contributed by atoms with E-state index in [1.54, 1.807) is 6.20 Å². The summed E-state index contributed by atoms with van der Waals surface area (Å²) in [6.45, 7) is 4.39. The van der Waals surface area contributed by atoms with Gasteiger partial charge in [-0.3, -0.25) is 9.48 Å². The minimum absolute atomic E-state index is 0.0841. The molecule has 2 rings (SSSR count). The molecule has 1 amide bonds. The fourth-order valence-electron chi connectivity index (χ4n) is 2.42. The molecule has 0 spiro atoms. The van der Waals surface area contributed by atoms with Crippen LogP contribution in [-0.2, 0) is 11.3 Å². The van der Waals surface area contributed by atoms with Gasteiger partial charge in [-0.15, -0.1) is 5.10 Å². The topological polar surface area (TPSA) is 77.0 Å². The van der Waals surface area contributed by atoms with Crippen LogP contribution in [0.1, 0.15) is 26.2 Å². The van der Waals surface area contributed by atoms with Crippen LogP contribution >= 0.6 is 0 Å². The number of nitrogens with zero attached hydrogens (tertiary/aromatic N) is 4. The van der Waals surface area contributed by atoms with Crippen molar-refractivity contribution in [3.05, 3.63) is 12.4 Å². The van der Waals surface area contributed by atoms with E-state index < -0.39 is 0 Å². The number of hydrogen-bond donors (Lipinski definition) is 1. The summed E-state index contributed by atoms with van der Waals surface area (Å²) >= 11 is 0. The Labute approximate surface area is 107 Å². The number of rotatable bonds is 4. The summed E-state index contributed by atoms with van der Waals surface area (Å²) in [5, 5.41) is 7.77. The van der Waals surface area contributed by atoms with Crippen molar-refractivity contribution in [1.29, 1.82) is 0 Å². The molecule has 1 aromatic rings. The smallest absolute Gasteiger partial charge is 0.239 e. The molecule has 1 saturated heterocycles. The van der Waals surface area contributed by atoms with E-state index in [4.69, 9.17) is 5.73 Å². The second-order valence-corrected chi connectivity index (χ2v) is 4.93. The summed E-state index contributed by atoms with van der Waals surface area (Å²) in [5.41, 5.74) is 5.81. The lowest BCUT2D eigenvalue weighted by Crippen LogP contribution is -2.48. The molecule has 1 aromatic heterocycles. The van der Waals surface area contributed by atoms with Gasteiger partial charge in [-0.2, -0.15) is 0 Å². The minimum Gasteiger partial charge on any atom is -0.341 e. The predicted molar refractivity (Wildman–Crippen MR) is 67.6 cm³/mol. The molecular weight excluding hydrogens is 230 g/mol. The summed E-state index contributed by atoms with van der Waals surface area (Å²) < 4.78 is 1.83. The lowest BCUT2D eigenvalue weighted by Gasteiger charge is -2.34. The zero-order valence-electron chi connectivity index (χ0n) is 10.8. The van der Waals surface area contributed by atoms with Crippen molar-refractivity contribution in [3.63, 3.8) is 0 Å². The van der Waals surface area contributed by atoms with Crippen molar-refractivity contribution in [2.75, 3.05) is 13.1 Å². The van der Waals surface area contributed by atoms with Crippen molar-refractivity contribution in [3.8, 4) is 0 Å². The monoisotopic (exact) mass is 251 g/mol. The van der Waals surface area contributed by atoms with Crippen LogP contribution in [-0.4, -0.2) is 44.9 Å². The molecule has 0 aliphatic carbocycles. The molecule has 0 saturated carbocycles. The van der Waals surface area contributed by atoms with Crippen LogP contribution in [0.4, 0.5) is 0 Å². The maximum Gasteiger partial charge on any atom is 0.239 e. The maximum absolute atomic E-state index is 12.0. The van der Waals surface area contributed by atoms with Gasteiger partial charge in [-0.25, -0.2) is 0 Å². The summed E-state index contributed by atoms with van der Waals surface area (Å²) in [6.07, 6.45) is 6.41. The van der Waals surface area contributed by atoms with E-state index in [1.807, 2.05) is 22.7 Å². The standard InChI is InChI=1S/C12H21N5O/c1-2-11(13)12(18)16-6-3-4-10(8-16)9-17-7-5-14-15-17/h5,7,10-11H,2-4,6,8-9,13H2,1H3/t10-,11+/m0/s1. The number of aromatic nitrogens is 3. The Morgan fingerprint density at radius 2 is 2.44 bits per heavy atom. The highest BCUT2D eigenvalue weighted by atomic mass is 16.2. The first-order valence-electron chi connectivity index (χ1n) is 6.59. The van der Waals surface area contributed by atoms with Gasteiger partial charge >= 0.3 is 0 Å². The molecule has 1 aliphatic rings. The Hall–Kier alpha value is -1.43. The zero-order chi connectivity index (χ0) is 13.0. The molecule has 1 fully saturated rings. The second kappa shape index (κ2) is 5.95. The Kier molecular flexibility index (Phi) is 4.30. The number of nitrogens with two attached hydrogens (primary N) is 1. The molecule has 18 heavy (non-hydrogen) atoms. The van der Waals surface area contributed by atoms with E-state index in [2.05, 4.69) is 10.3 Å². The largest absolute Gasteiger partial charge is 0.341 e. The lowest BCUT2D eigenvalue weighted by molar-refractivity contribution is -0.134. The Balaban J connectivity index is 1.90. The number of carbonyl (C=O) groups is 1. The van der Waals surface area contributed by atoms with Crippen molar-refractivity contribution < 1.29 is 4.79 Å². The fourth-order valence-corrected chi connectivity index (χ4v) is 2.42. The highest BCUT2D eigenvalue weighted by Crippen LogP contribution is 2.18. The normalized spacial score (nSPS) is 21.9. The lowest BCUT2D eigenvalue weighted by atomic mass is 9.97. The van der Waals surface area contributed by atoms with Crippen LogP contribution in [0.5, 0.6) is 0 Å². The van der Waals surface area contributed by atoms with Gasteiger partial charge in [0.05, 0.1) is 12.2 Å². The average molecular weight is 251 g/mol. The average Bonchev–Trinajstić information content (AvgIpc) is 2.90. The summed E-state index contributed by atoms with van der Waals surface area (Å²) in [4.78, 5) is 13.9. The molecule has 0 unspecified atom stereocenters. The molecule has 6 nitrogen and oxygen atoms in total.